The number of carbonyl (C=O) groups is 4. The Morgan fingerprint density at radius 3 is 2.25 bits per heavy atom. The maximum atomic E-state index is 11.5. The summed E-state index contributed by atoms with van der Waals surface area (Å²) in [5.74, 6) is -2.01. The van der Waals surface area contributed by atoms with E-state index in [1.807, 2.05) is 0 Å². The van der Waals surface area contributed by atoms with Crippen LogP contribution in [0.15, 0.2) is 0 Å². The van der Waals surface area contributed by atoms with Crippen LogP contribution >= 0.6 is 0 Å². The van der Waals surface area contributed by atoms with Crippen molar-refractivity contribution in [2.75, 3.05) is 27.4 Å². The molecule has 20 heavy (non-hydrogen) atoms. The van der Waals surface area contributed by atoms with Crippen LogP contribution in [0.4, 0.5) is 0 Å². The first-order valence-electron chi connectivity index (χ1n) is 5.93. The van der Waals surface area contributed by atoms with Gasteiger partial charge in [0.2, 0.25) is 0 Å². The van der Waals surface area contributed by atoms with Gasteiger partial charge in [-0.2, -0.15) is 0 Å². The Kier molecular flexibility index (Phi) is 8.93. The first kappa shape index (κ1) is 18.0. The summed E-state index contributed by atoms with van der Waals surface area (Å²) in [6.45, 7) is 0.649. The number of methoxy groups -OCH3 is 2. The van der Waals surface area contributed by atoms with Crippen LogP contribution in [0.5, 0.6) is 0 Å². The fraction of sp³-hybridized carbons (Fsp3) is 0.667. The van der Waals surface area contributed by atoms with E-state index in [1.54, 1.807) is 0 Å². The first-order valence-corrected chi connectivity index (χ1v) is 5.93. The molecule has 0 heterocycles. The lowest BCUT2D eigenvalue weighted by molar-refractivity contribution is -0.147. The Hall–Kier alpha value is -1.96. The maximum Gasteiger partial charge on any atom is 0.322 e. The lowest BCUT2D eigenvalue weighted by atomic mass is 10.1. The normalized spacial score (nSPS) is 11.3. The van der Waals surface area contributed by atoms with Gasteiger partial charge in [-0.15, -0.1) is 0 Å². The van der Waals surface area contributed by atoms with Crippen LogP contribution < -0.4 is 5.32 Å². The average molecular weight is 289 g/mol. The van der Waals surface area contributed by atoms with Crippen molar-refractivity contribution in [3.05, 3.63) is 0 Å². The molecule has 0 saturated heterocycles. The largest absolute Gasteiger partial charge is 0.469 e. The highest BCUT2D eigenvalue weighted by Gasteiger charge is 2.21. The molecule has 0 spiro atoms. The third kappa shape index (κ3) is 8.20. The van der Waals surface area contributed by atoms with Crippen LogP contribution in [-0.2, 0) is 33.4 Å². The van der Waals surface area contributed by atoms with Crippen LogP contribution in [0.1, 0.15) is 19.8 Å². The van der Waals surface area contributed by atoms with Crippen molar-refractivity contribution in [1.82, 2.24) is 5.32 Å². The number of ketones is 1. The van der Waals surface area contributed by atoms with Crippen LogP contribution in [0.3, 0.4) is 0 Å². The van der Waals surface area contributed by atoms with Crippen LogP contribution in [0.25, 0.3) is 0 Å². The second-order valence-corrected chi connectivity index (χ2v) is 3.89. The SMILES string of the molecule is COC(=O)CC[C@H](NCC(=O)COC(C)=O)C(=O)OC. The monoisotopic (exact) mass is 289 g/mol. The molecule has 0 aromatic heterocycles. The molecular formula is C12H19NO7. The molecule has 0 saturated carbocycles. The lowest BCUT2D eigenvalue weighted by Crippen LogP contribution is -2.41. The summed E-state index contributed by atoms with van der Waals surface area (Å²) in [4.78, 5) is 44.4. The predicted molar refractivity (Wildman–Crippen MR) is 66.7 cm³/mol. The molecule has 1 atom stereocenters. The fourth-order valence-corrected chi connectivity index (χ4v) is 1.28. The Morgan fingerprint density at radius 1 is 1.10 bits per heavy atom. The number of hydrogen-bond donors (Lipinski definition) is 1. The molecular weight excluding hydrogens is 270 g/mol. The average Bonchev–Trinajstić information content (AvgIpc) is 2.43. The Labute approximate surface area is 116 Å². The zero-order valence-electron chi connectivity index (χ0n) is 11.8. The smallest absolute Gasteiger partial charge is 0.322 e. The van der Waals surface area contributed by atoms with E-state index < -0.39 is 29.7 Å². The van der Waals surface area contributed by atoms with Gasteiger partial charge in [0.05, 0.1) is 20.8 Å². The number of nitrogens with one attached hydrogen (secondary N) is 1. The number of esters is 3. The zero-order valence-corrected chi connectivity index (χ0v) is 11.8. The Bertz CT molecular complexity index is 367. The van der Waals surface area contributed by atoms with Gasteiger partial charge in [-0.3, -0.25) is 24.5 Å². The fourth-order valence-electron chi connectivity index (χ4n) is 1.28. The van der Waals surface area contributed by atoms with E-state index in [-0.39, 0.29) is 26.0 Å². The molecule has 0 rings (SSSR count). The third-order valence-electron chi connectivity index (χ3n) is 2.33. The summed E-state index contributed by atoms with van der Waals surface area (Å²) in [7, 11) is 2.45. The van der Waals surface area contributed by atoms with Gasteiger partial charge in [-0.1, -0.05) is 0 Å². The molecule has 0 aliphatic rings. The van der Waals surface area contributed by atoms with Gasteiger partial charge in [0.15, 0.2) is 12.4 Å². The van der Waals surface area contributed by atoms with Crippen LogP contribution in [0, 0.1) is 0 Å². The highest BCUT2D eigenvalue weighted by atomic mass is 16.5. The van der Waals surface area contributed by atoms with Crippen molar-refractivity contribution in [3.8, 4) is 0 Å². The molecule has 8 nitrogen and oxygen atoms in total. The second kappa shape index (κ2) is 9.90. The predicted octanol–water partition coefficient (Wildman–Crippen LogP) is -0.797. The quantitative estimate of drug-likeness (QED) is 0.434. The molecule has 0 aromatic carbocycles. The number of carbonyl (C=O) groups excluding carboxylic acids is 4. The lowest BCUT2D eigenvalue weighted by Gasteiger charge is -2.15. The molecule has 1 N–H and O–H groups in total. The van der Waals surface area contributed by atoms with Crippen molar-refractivity contribution in [3.63, 3.8) is 0 Å². The van der Waals surface area contributed by atoms with Crippen molar-refractivity contribution >= 4 is 23.7 Å². The van der Waals surface area contributed by atoms with E-state index in [0.717, 1.165) is 0 Å². The summed E-state index contributed by atoms with van der Waals surface area (Å²) in [5.41, 5.74) is 0. The second-order valence-electron chi connectivity index (χ2n) is 3.89. The van der Waals surface area contributed by atoms with Crippen molar-refractivity contribution < 1.29 is 33.4 Å². The first-order chi connectivity index (χ1) is 9.40. The summed E-state index contributed by atoms with van der Waals surface area (Å²) in [5, 5.41) is 2.65. The van der Waals surface area contributed by atoms with E-state index in [9.17, 15) is 19.2 Å². The van der Waals surface area contributed by atoms with Crippen molar-refractivity contribution in [1.29, 1.82) is 0 Å². The van der Waals surface area contributed by atoms with E-state index in [2.05, 4.69) is 19.5 Å². The van der Waals surface area contributed by atoms with Crippen LogP contribution in [-0.4, -0.2) is 57.1 Å². The van der Waals surface area contributed by atoms with Gasteiger partial charge in [-0.05, 0) is 6.42 Å². The summed E-state index contributed by atoms with van der Waals surface area (Å²) in [6.07, 6.45) is 0.154. The van der Waals surface area contributed by atoms with Gasteiger partial charge in [0, 0.05) is 13.3 Å². The van der Waals surface area contributed by atoms with Gasteiger partial charge in [-0.25, -0.2) is 0 Å². The summed E-state index contributed by atoms with van der Waals surface area (Å²) in [6, 6.07) is -0.805. The van der Waals surface area contributed by atoms with Gasteiger partial charge < -0.3 is 14.2 Å². The molecule has 0 radical (unpaired) electrons. The standard InChI is InChI=1S/C12H19NO7/c1-8(14)20-7-9(15)6-13-10(12(17)19-3)4-5-11(16)18-2/h10,13H,4-7H2,1-3H3/t10-/m0/s1. The van der Waals surface area contributed by atoms with Crippen LogP contribution in [0.2, 0.25) is 0 Å². The molecule has 0 aromatic rings. The molecule has 0 amide bonds. The number of Topliss-reactive ketones (excluding diaryl/α,β-unsaturated/α-hetero) is 1. The van der Waals surface area contributed by atoms with Gasteiger partial charge >= 0.3 is 17.9 Å². The molecule has 114 valence electrons. The molecule has 0 aliphatic heterocycles. The number of hydrogen-bond acceptors (Lipinski definition) is 8. The Balaban J connectivity index is 4.22. The summed E-state index contributed by atoms with van der Waals surface area (Å²) < 4.78 is 13.5. The highest BCUT2D eigenvalue weighted by molar-refractivity contribution is 5.84. The topological polar surface area (TPSA) is 108 Å². The summed E-state index contributed by atoms with van der Waals surface area (Å²) >= 11 is 0. The van der Waals surface area contributed by atoms with Gasteiger partial charge in [0.25, 0.3) is 0 Å². The van der Waals surface area contributed by atoms with Crippen molar-refractivity contribution in [2.24, 2.45) is 0 Å². The molecule has 0 unspecified atom stereocenters. The van der Waals surface area contributed by atoms with E-state index in [1.165, 1.54) is 21.1 Å². The molecule has 0 fully saturated rings. The maximum absolute atomic E-state index is 11.5. The van der Waals surface area contributed by atoms with E-state index in [0.29, 0.717) is 0 Å². The zero-order chi connectivity index (χ0) is 15.5. The third-order valence-corrected chi connectivity index (χ3v) is 2.33. The van der Waals surface area contributed by atoms with Gasteiger partial charge in [0.1, 0.15) is 6.04 Å². The number of rotatable bonds is 9. The van der Waals surface area contributed by atoms with E-state index >= 15 is 0 Å². The minimum Gasteiger partial charge on any atom is -0.469 e. The minimum absolute atomic E-state index is 0.0153. The van der Waals surface area contributed by atoms with Crippen molar-refractivity contribution in [2.45, 2.75) is 25.8 Å². The molecule has 8 heteroatoms. The highest BCUT2D eigenvalue weighted by Crippen LogP contribution is 2.01. The Morgan fingerprint density at radius 2 is 1.75 bits per heavy atom. The minimum atomic E-state index is -0.805. The molecule has 0 bridgehead atoms. The van der Waals surface area contributed by atoms with E-state index in [4.69, 9.17) is 0 Å². The number of ether oxygens (including phenoxy) is 3. The molecule has 0 aliphatic carbocycles.